The Kier molecular flexibility index (Phi) is 12.5. The Labute approximate surface area is 186 Å². The monoisotopic (exact) mass is 476 g/mol. The molecular formula is C22H24Cl2SiZr-2. The molecule has 0 saturated heterocycles. The molecule has 0 radical (unpaired) electrons. The molecule has 0 amide bonds. The van der Waals surface area contributed by atoms with Gasteiger partial charge >= 0.3 is 41.9 Å². The van der Waals surface area contributed by atoms with Crippen LogP contribution in [0.1, 0.15) is 22.3 Å². The fraction of sp³-hybridized carbons (Fsp3) is 0.227. The maximum Gasteiger partial charge on any atom is -0.0253 e. The van der Waals surface area contributed by atoms with Crippen molar-refractivity contribution in [2.75, 3.05) is 0 Å². The summed E-state index contributed by atoms with van der Waals surface area (Å²) in [5.41, 5.74) is 8.50. The molecule has 0 spiro atoms. The largest absolute Gasteiger partial charge is 1.00 e. The second-order valence-corrected chi connectivity index (χ2v) is 15.7. The first-order chi connectivity index (χ1) is 11.5. The van der Waals surface area contributed by atoms with Crippen LogP contribution < -0.4 is 24.8 Å². The van der Waals surface area contributed by atoms with E-state index in [-0.39, 0.29) is 30.2 Å². The third-order valence-electron chi connectivity index (χ3n) is 3.93. The zero-order valence-electron chi connectivity index (χ0n) is 15.7. The molecule has 1 aliphatic rings. The summed E-state index contributed by atoms with van der Waals surface area (Å²) >= 11 is 1.74. The van der Waals surface area contributed by atoms with E-state index in [0.29, 0.717) is 0 Å². The molecule has 26 heavy (non-hydrogen) atoms. The molecule has 0 aromatic heterocycles. The number of rotatable bonds is 0. The molecule has 4 rings (SSSR count). The smallest absolute Gasteiger partial charge is 0.0253 e. The number of halogens is 2. The van der Waals surface area contributed by atoms with Crippen molar-refractivity contribution in [1.29, 1.82) is 0 Å². The summed E-state index contributed by atoms with van der Waals surface area (Å²) in [5.74, 6) is 0. The fourth-order valence-electron chi connectivity index (χ4n) is 2.60. The van der Waals surface area contributed by atoms with E-state index in [9.17, 15) is 0 Å². The Balaban J connectivity index is 0.000000415. The van der Waals surface area contributed by atoms with Crippen molar-refractivity contribution in [3.8, 4) is 11.1 Å². The van der Waals surface area contributed by atoms with Crippen molar-refractivity contribution >= 4 is 5.43 Å². The van der Waals surface area contributed by atoms with Gasteiger partial charge in [-0.15, -0.1) is 5.56 Å². The average molecular weight is 479 g/mol. The average Bonchev–Trinajstić information content (AvgIpc) is 3.11. The van der Waals surface area contributed by atoms with Crippen LogP contribution in [0.4, 0.5) is 0 Å². The molecule has 0 nitrogen and oxygen atoms in total. The SMILES string of the molecule is C[Si](C)=[Zr+2].Cc1ccc[c-]1C.[Cl-].[Cl-].[c-]1cccc2c1Cc1ccccc1-2. The molecule has 4 heteroatoms. The zero-order chi connectivity index (χ0) is 17.5. The molecule has 0 N–H and O–H groups in total. The normalized spacial score (nSPS) is 9.77. The predicted octanol–water partition coefficient (Wildman–Crippen LogP) is -0.127. The third kappa shape index (κ3) is 7.61. The van der Waals surface area contributed by atoms with E-state index in [1.165, 1.54) is 33.4 Å². The van der Waals surface area contributed by atoms with E-state index in [2.05, 4.69) is 87.6 Å². The van der Waals surface area contributed by atoms with Crippen molar-refractivity contribution < 1.29 is 48.1 Å². The first kappa shape index (κ1) is 25.5. The van der Waals surface area contributed by atoms with Crippen LogP contribution in [0.25, 0.3) is 11.1 Å². The van der Waals surface area contributed by atoms with Gasteiger partial charge < -0.3 is 24.8 Å². The summed E-state index contributed by atoms with van der Waals surface area (Å²) in [5, 5.41) is 0. The van der Waals surface area contributed by atoms with E-state index in [4.69, 9.17) is 0 Å². The van der Waals surface area contributed by atoms with Gasteiger partial charge in [0.15, 0.2) is 0 Å². The molecule has 3 aromatic carbocycles. The maximum atomic E-state index is 3.30. The van der Waals surface area contributed by atoms with Gasteiger partial charge in [0.1, 0.15) is 0 Å². The first-order valence-electron chi connectivity index (χ1n) is 8.27. The van der Waals surface area contributed by atoms with Gasteiger partial charge in [0.25, 0.3) is 0 Å². The summed E-state index contributed by atoms with van der Waals surface area (Å²) in [6.07, 6.45) is 1.05. The Morgan fingerprint density at radius 2 is 1.58 bits per heavy atom. The predicted molar refractivity (Wildman–Crippen MR) is 103 cm³/mol. The van der Waals surface area contributed by atoms with Crippen molar-refractivity contribution in [2.24, 2.45) is 0 Å². The first-order valence-corrected chi connectivity index (χ1v) is 14.5. The molecule has 0 heterocycles. The summed E-state index contributed by atoms with van der Waals surface area (Å²) in [6.45, 7) is 8.86. The maximum absolute atomic E-state index is 3.30. The van der Waals surface area contributed by atoms with Crippen molar-refractivity contribution in [3.63, 3.8) is 0 Å². The minimum Gasteiger partial charge on any atom is -1.00 e. The van der Waals surface area contributed by atoms with Crippen LogP contribution >= 0.6 is 0 Å². The summed E-state index contributed by atoms with van der Waals surface area (Å²) in [7, 11) is 0. The zero-order valence-corrected chi connectivity index (χ0v) is 20.7. The molecule has 0 unspecified atom stereocenters. The summed E-state index contributed by atoms with van der Waals surface area (Å²) in [6, 6.07) is 24.4. The summed E-state index contributed by atoms with van der Waals surface area (Å²) < 4.78 is 0. The summed E-state index contributed by atoms with van der Waals surface area (Å²) in [4.78, 5) is 0. The van der Waals surface area contributed by atoms with Gasteiger partial charge in [0.05, 0.1) is 0 Å². The van der Waals surface area contributed by atoms with Gasteiger partial charge in [-0.2, -0.15) is 47.0 Å². The molecule has 136 valence electrons. The Morgan fingerprint density at radius 1 is 0.962 bits per heavy atom. The standard InChI is InChI=1S/C13H9.C7H9.C2H6Si.2ClH.Zr/c1-3-7-12-10(5-1)9-11-6-2-4-8-13(11)12;1-6-4-3-5-7(6)2;1-3-2;;;/h1-5,7-8H,9H2;3-5H,1-2H3;1-2H3;2*1H;/q2*-1;;;;+2/p-2. The van der Waals surface area contributed by atoms with E-state index < -0.39 is 0 Å². The fourth-order valence-corrected chi connectivity index (χ4v) is 2.60. The molecule has 0 fully saturated rings. The van der Waals surface area contributed by atoms with Crippen LogP contribution in [0.3, 0.4) is 0 Å². The number of hydrogen-bond acceptors (Lipinski definition) is 0. The van der Waals surface area contributed by atoms with Gasteiger partial charge in [-0.25, -0.2) is 12.1 Å². The Morgan fingerprint density at radius 3 is 2.12 bits per heavy atom. The molecule has 0 atom stereocenters. The molecule has 0 saturated carbocycles. The number of aryl methyl sites for hydroxylation is 2. The second kappa shape index (κ2) is 12.8. The van der Waals surface area contributed by atoms with Crippen LogP contribution in [-0.2, 0) is 29.8 Å². The number of benzene rings is 2. The quantitative estimate of drug-likeness (QED) is 0.244. The number of fused-ring (bicyclic) bond motifs is 3. The van der Waals surface area contributed by atoms with Gasteiger partial charge in [0, 0.05) is 0 Å². The molecular weight excluding hydrogens is 454 g/mol. The van der Waals surface area contributed by atoms with Gasteiger partial charge in [0.2, 0.25) is 0 Å². The van der Waals surface area contributed by atoms with Crippen LogP contribution in [0.5, 0.6) is 0 Å². The third-order valence-corrected chi connectivity index (χ3v) is 3.93. The van der Waals surface area contributed by atoms with E-state index in [1.54, 1.807) is 23.3 Å². The Hall–Kier alpha value is -0.530. The van der Waals surface area contributed by atoms with Crippen LogP contribution in [0.2, 0.25) is 13.1 Å². The van der Waals surface area contributed by atoms with Gasteiger partial charge in [-0.1, -0.05) is 49.2 Å². The Bertz CT molecular complexity index is 760. The van der Waals surface area contributed by atoms with Crippen LogP contribution in [-0.4, -0.2) is 5.43 Å². The molecule has 3 aromatic rings. The molecule has 1 aliphatic carbocycles. The minimum absolute atomic E-state index is 0. The minimum atomic E-state index is 0. The van der Waals surface area contributed by atoms with Gasteiger partial charge in [-0.05, 0) is 6.42 Å². The second-order valence-electron chi connectivity index (χ2n) is 6.29. The van der Waals surface area contributed by atoms with Crippen molar-refractivity contribution in [2.45, 2.75) is 33.4 Å². The van der Waals surface area contributed by atoms with E-state index in [1.807, 2.05) is 6.07 Å². The molecule has 0 bridgehead atoms. The van der Waals surface area contributed by atoms with Crippen LogP contribution in [0.15, 0.2) is 60.7 Å². The topological polar surface area (TPSA) is 0 Å². The van der Waals surface area contributed by atoms with E-state index >= 15 is 0 Å². The van der Waals surface area contributed by atoms with Crippen molar-refractivity contribution in [1.82, 2.24) is 0 Å². The number of hydrogen-bond donors (Lipinski definition) is 0. The van der Waals surface area contributed by atoms with Gasteiger partial charge in [-0.3, -0.25) is 0 Å². The van der Waals surface area contributed by atoms with E-state index in [0.717, 1.165) is 6.42 Å². The van der Waals surface area contributed by atoms with Crippen molar-refractivity contribution in [3.05, 3.63) is 89.0 Å². The van der Waals surface area contributed by atoms with Crippen LogP contribution in [0, 0.1) is 19.9 Å². The molecule has 0 aliphatic heterocycles.